The molecule has 1 fully saturated rings. The second-order valence-corrected chi connectivity index (χ2v) is 14.1. The highest BCUT2D eigenvalue weighted by Crippen LogP contribution is 2.30. The zero-order chi connectivity index (χ0) is 39.1. The van der Waals surface area contributed by atoms with Crippen LogP contribution in [0.1, 0.15) is 57.5 Å². The normalized spacial score (nSPS) is 21.1. The van der Waals surface area contributed by atoms with Gasteiger partial charge >= 0.3 is 0 Å². The van der Waals surface area contributed by atoms with Crippen LogP contribution in [0.5, 0.6) is 5.75 Å². The van der Waals surface area contributed by atoms with Gasteiger partial charge in [-0.3, -0.25) is 14.4 Å². The van der Waals surface area contributed by atoms with E-state index < -0.39 is 49.2 Å². The Balaban J connectivity index is 1.37. The molecule has 0 saturated carbocycles. The van der Waals surface area contributed by atoms with E-state index in [0.29, 0.717) is 17.7 Å². The summed E-state index contributed by atoms with van der Waals surface area (Å²) in [6, 6.07) is 10.1. The highest BCUT2D eigenvalue weighted by molar-refractivity contribution is 5.94. The molecule has 6 atom stereocenters. The topological polar surface area (TPSA) is 230 Å². The minimum Gasteiger partial charge on any atom is -0.506 e. The molecule has 2 amide bonds. The Labute approximate surface area is 310 Å². The van der Waals surface area contributed by atoms with Crippen molar-refractivity contribution >= 4 is 29.0 Å². The number of ketones is 1. The summed E-state index contributed by atoms with van der Waals surface area (Å²) in [6.07, 6.45) is -4.52. The van der Waals surface area contributed by atoms with E-state index in [-0.39, 0.29) is 74.2 Å². The van der Waals surface area contributed by atoms with Crippen molar-refractivity contribution in [3.05, 3.63) is 53.6 Å². The summed E-state index contributed by atoms with van der Waals surface area (Å²) >= 11 is 0. The SMILES string of the molecule is CC(=O)NC1C(O)[C@@H](O)C(CO)O[C@H]1OCCOCCOCCNC(=O)c1ccc(/N=N/c2cc(CC(NC(C)(C)C)C(=O)C(C)C)ccc2O)cc1. The van der Waals surface area contributed by atoms with Crippen LogP contribution in [0.4, 0.5) is 11.4 Å². The molecule has 0 bridgehead atoms. The van der Waals surface area contributed by atoms with Crippen molar-refractivity contribution < 1.29 is 53.8 Å². The van der Waals surface area contributed by atoms with Crippen molar-refractivity contribution in [2.45, 2.75) is 90.2 Å². The van der Waals surface area contributed by atoms with Crippen molar-refractivity contribution in [3.8, 4) is 5.75 Å². The van der Waals surface area contributed by atoms with E-state index in [9.17, 15) is 34.8 Å². The van der Waals surface area contributed by atoms with Gasteiger partial charge in [0.25, 0.3) is 5.91 Å². The number of carbonyl (C=O) groups excluding carboxylic acids is 3. The summed E-state index contributed by atoms with van der Waals surface area (Å²) in [5, 5.41) is 57.2. The van der Waals surface area contributed by atoms with Crippen LogP contribution in [0.25, 0.3) is 0 Å². The molecule has 0 spiro atoms. The third kappa shape index (κ3) is 14.5. The number of benzene rings is 2. The Morgan fingerprint density at radius 3 is 2.21 bits per heavy atom. The van der Waals surface area contributed by atoms with Crippen molar-refractivity contribution in [3.63, 3.8) is 0 Å². The van der Waals surface area contributed by atoms with Crippen LogP contribution in [0.3, 0.4) is 0 Å². The smallest absolute Gasteiger partial charge is 0.251 e. The number of rotatable bonds is 20. The molecular formula is C37H55N5O11. The summed E-state index contributed by atoms with van der Waals surface area (Å²) in [5.74, 6) is -0.817. The van der Waals surface area contributed by atoms with Crippen molar-refractivity contribution in [2.24, 2.45) is 16.1 Å². The van der Waals surface area contributed by atoms with Gasteiger partial charge in [-0.1, -0.05) is 19.9 Å². The number of phenolic OH excluding ortho intramolecular Hbond substituents is 1. The maximum atomic E-state index is 12.9. The number of aliphatic hydroxyl groups excluding tert-OH is 3. The number of nitrogens with one attached hydrogen (secondary N) is 3. The van der Waals surface area contributed by atoms with E-state index >= 15 is 0 Å². The molecule has 16 nitrogen and oxygen atoms in total. The van der Waals surface area contributed by atoms with Crippen LogP contribution in [0, 0.1) is 5.92 Å². The van der Waals surface area contributed by atoms with Crippen molar-refractivity contribution in [1.82, 2.24) is 16.0 Å². The van der Waals surface area contributed by atoms with Gasteiger partial charge in [0.15, 0.2) is 12.1 Å². The second kappa shape index (κ2) is 21.1. The van der Waals surface area contributed by atoms with Gasteiger partial charge in [-0.25, -0.2) is 0 Å². The fraction of sp³-hybridized carbons (Fsp3) is 0.595. The van der Waals surface area contributed by atoms with E-state index in [0.717, 1.165) is 5.56 Å². The molecule has 3 rings (SSSR count). The van der Waals surface area contributed by atoms with Crippen LogP contribution < -0.4 is 16.0 Å². The van der Waals surface area contributed by atoms with Crippen molar-refractivity contribution in [2.75, 3.05) is 46.2 Å². The first-order valence-electron chi connectivity index (χ1n) is 17.7. The lowest BCUT2D eigenvalue weighted by Gasteiger charge is -2.42. The quantitative estimate of drug-likeness (QED) is 0.0763. The van der Waals surface area contributed by atoms with Gasteiger partial charge in [0.2, 0.25) is 5.91 Å². The molecule has 0 aliphatic carbocycles. The number of aromatic hydroxyl groups is 1. The molecular weight excluding hydrogens is 690 g/mol. The number of azo groups is 1. The summed E-state index contributed by atoms with van der Waals surface area (Å²) in [6.45, 7) is 11.7. The molecule has 294 valence electrons. The number of amides is 2. The molecule has 2 aromatic carbocycles. The number of carbonyl (C=O) groups is 3. The van der Waals surface area contributed by atoms with Gasteiger partial charge in [0.05, 0.1) is 51.4 Å². The maximum Gasteiger partial charge on any atom is 0.251 e. The average molecular weight is 746 g/mol. The average Bonchev–Trinajstić information content (AvgIpc) is 3.10. The van der Waals surface area contributed by atoms with E-state index in [4.69, 9.17) is 18.9 Å². The summed E-state index contributed by atoms with van der Waals surface area (Å²) in [5.41, 5.74) is 1.72. The molecule has 4 unspecified atom stereocenters. The first-order valence-corrected chi connectivity index (χ1v) is 17.7. The molecule has 1 heterocycles. The monoisotopic (exact) mass is 745 g/mol. The molecule has 1 aliphatic rings. The number of hydrogen-bond acceptors (Lipinski definition) is 14. The Morgan fingerprint density at radius 1 is 0.925 bits per heavy atom. The minimum absolute atomic E-state index is 0.0455. The minimum atomic E-state index is -1.39. The van der Waals surface area contributed by atoms with E-state index in [1.165, 1.54) is 13.0 Å². The van der Waals surface area contributed by atoms with Crippen LogP contribution >= 0.6 is 0 Å². The van der Waals surface area contributed by atoms with Gasteiger partial charge < -0.3 is 55.3 Å². The lowest BCUT2D eigenvalue weighted by atomic mass is 9.93. The lowest BCUT2D eigenvalue weighted by Crippen LogP contribution is -2.64. The van der Waals surface area contributed by atoms with Crippen LogP contribution in [0.15, 0.2) is 52.7 Å². The molecule has 53 heavy (non-hydrogen) atoms. The molecule has 2 aromatic rings. The fourth-order valence-corrected chi connectivity index (χ4v) is 5.45. The van der Waals surface area contributed by atoms with Crippen LogP contribution in [-0.2, 0) is 35.0 Å². The zero-order valence-corrected chi connectivity index (χ0v) is 31.3. The van der Waals surface area contributed by atoms with Gasteiger partial charge in [-0.15, -0.1) is 5.11 Å². The molecule has 1 saturated heterocycles. The largest absolute Gasteiger partial charge is 0.506 e. The van der Waals surface area contributed by atoms with E-state index in [2.05, 4.69) is 26.2 Å². The van der Waals surface area contributed by atoms with Gasteiger partial charge in [-0.2, -0.15) is 5.11 Å². The summed E-state index contributed by atoms with van der Waals surface area (Å²) < 4.78 is 22.0. The Bertz CT molecular complexity index is 1500. The first-order chi connectivity index (χ1) is 25.1. The maximum absolute atomic E-state index is 12.9. The van der Waals surface area contributed by atoms with Crippen LogP contribution in [-0.4, -0.2) is 126 Å². The molecule has 0 radical (unpaired) electrons. The van der Waals surface area contributed by atoms with Gasteiger partial charge in [0, 0.05) is 30.5 Å². The summed E-state index contributed by atoms with van der Waals surface area (Å²) in [7, 11) is 0. The standard InChI is InChI=1S/C37H55N5O11/c1-22(2)32(46)28(40-37(4,5)6)20-24-7-12-29(45)27(19-24)42-41-26-10-8-25(9-11-26)35(49)38-13-14-50-15-16-51-17-18-52-36-31(39-23(3)44)34(48)33(47)30(21-43)53-36/h7-12,19,22,28,30-31,33-34,36,40,43,45,47-48H,13-18,20-21H2,1-6H3,(H,38,49)(H,39,44)/b42-41+/t28?,30?,31?,33-,34?,36+/m0/s1. The van der Waals surface area contributed by atoms with Crippen LogP contribution in [0.2, 0.25) is 0 Å². The Morgan fingerprint density at radius 2 is 1.58 bits per heavy atom. The lowest BCUT2D eigenvalue weighted by molar-refractivity contribution is -0.272. The zero-order valence-electron chi connectivity index (χ0n) is 31.3. The molecule has 7 N–H and O–H groups in total. The third-order valence-electron chi connectivity index (χ3n) is 8.07. The van der Waals surface area contributed by atoms with Gasteiger partial charge in [0.1, 0.15) is 35.8 Å². The Kier molecular flexibility index (Phi) is 17.4. The van der Waals surface area contributed by atoms with Gasteiger partial charge in [-0.05, 0) is 69.2 Å². The number of aliphatic hydroxyl groups is 3. The highest BCUT2D eigenvalue weighted by Gasteiger charge is 2.45. The van der Waals surface area contributed by atoms with Crippen molar-refractivity contribution in [1.29, 1.82) is 0 Å². The highest BCUT2D eigenvalue weighted by atomic mass is 16.7. The molecule has 0 aromatic heterocycles. The fourth-order valence-electron chi connectivity index (χ4n) is 5.45. The number of nitrogens with zero attached hydrogens (tertiary/aromatic N) is 2. The number of Topliss-reactive ketones (excluding diaryl/α,β-unsaturated/α-hetero) is 1. The third-order valence-corrected chi connectivity index (χ3v) is 8.07. The predicted molar refractivity (Wildman–Crippen MR) is 194 cm³/mol. The number of ether oxygens (including phenoxy) is 4. The van der Waals surface area contributed by atoms with E-state index in [1.54, 1.807) is 36.4 Å². The Hall–Kier alpha value is -3.87. The molecule has 1 aliphatic heterocycles. The number of phenols is 1. The first kappa shape index (κ1) is 43.5. The van der Waals surface area contributed by atoms with E-state index in [1.807, 2.05) is 34.6 Å². The predicted octanol–water partition coefficient (Wildman–Crippen LogP) is 2.06. The summed E-state index contributed by atoms with van der Waals surface area (Å²) in [4.78, 5) is 37.0. The molecule has 16 heteroatoms. The number of hydrogen-bond donors (Lipinski definition) is 7. The second-order valence-electron chi connectivity index (χ2n) is 14.1.